The van der Waals surface area contributed by atoms with E-state index in [-0.39, 0.29) is 39.3 Å². The molecule has 1 N–H and O–H groups in total. The van der Waals surface area contributed by atoms with E-state index in [9.17, 15) is 29.8 Å². The van der Waals surface area contributed by atoms with Crippen LogP contribution in [-0.2, 0) is 0 Å². The van der Waals surface area contributed by atoms with Crippen LogP contribution in [0.15, 0.2) is 71.5 Å². The molecule has 164 valence electrons. The standard InChI is InChI=1S/C22H15N5O6/c1-13-11-15(9-10-19(13)27(32)33)21(28)24-25-20(14-5-4-6-16(12-14)26(30)31)23-18-8-3-2-7-17(18)22(25)29/h2-12H,1H3,(H,24,28). The molecular formula is C22H15N5O6. The number of nitro groups is 2. The molecule has 4 aromatic rings. The highest BCUT2D eigenvalue weighted by atomic mass is 16.6. The Morgan fingerprint density at radius 1 is 0.970 bits per heavy atom. The fourth-order valence-electron chi connectivity index (χ4n) is 3.36. The van der Waals surface area contributed by atoms with Gasteiger partial charge in [0.25, 0.3) is 22.8 Å². The van der Waals surface area contributed by atoms with Crippen LogP contribution < -0.4 is 11.0 Å². The summed E-state index contributed by atoms with van der Waals surface area (Å²) in [6, 6.07) is 15.8. The number of aryl methyl sites for hydroxylation is 1. The molecule has 0 saturated heterocycles. The van der Waals surface area contributed by atoms with Crippen LogP contribution in [0.2, 0.25) is 0 Å². The van der Waals surface area contributed by atoms with Crippen LogP contribution in [0.1, 0.15) is 15.9 Å². The van der Waals surface area contributed by atoms with Crippen LogP contribution in [0.25, 0.3) is 22.3 Å². The van der Waals surface area contributed by atoms with Gasteiger partial charge in [-0.15, -0.1) is 0 Å². The lowest BCUT2D eigenvalue weighted by Gasteiger charge is -2.15. The van der Waals surface area contributed by atoms with Crippen molar-refractivity contribution in [3.05, 3.63) is 108 Å². The van der Waals surface area contributed by atoms with Gasteiger partial charge in [-0.3, -0.25) is 35.2 Å². The predicted molar refractivity (Wildman–Crippen MR) is 120 cm³/mol. The van der Waals surface area contributed by atoms with Crippen molar-refractivity contribution < 1.29 is 14.6 Å². The zero-order chi connectivity index (χ0) is 23.7. The number of aromatic nitrogens is 2. The molecule has 0 spiro atoms. The molecule has 33 heavy (non-hydrogen) atoms. The minimum Gasteiger partial charge on any atom is -0.267 e. The fourth-order valence-corrected chi connectivity index (χ4v) is 3.36. The average Bonchev–Trinajstić information content (AvgIpc) is 2.80. The topological polar surface area (TPSA) is 150 Å². The number of fused-ring (bicyclic) bond motifs is 1. The molecule has 0 fully saturated rings. The number of hydrogen-bond donors (Lipinski definition) is 1. The average molecular weight is 445 g/mol. The van der Waals surface area contributed by atoms with Crippen LogP contribution in [0.5, 0.6) is 0 Å². The highest BCUT2D eigenvalue weighted by Crippen LogP contribution is 2.23. The summed E-state index contributed by atoms with van der Waals surface area (Å²) in [6.07, 6.45) is 0. The van der Waals surface area contributed by atoms with Gasteiger partial charge >= 0.3 is 0 Å². The van der Waals surface area contributed by atoms with Crippen LogP contribution in [0.3, 0.4) is 0 Å². The lowest BCUT2D eigenvalue weighted by atomic mass is 10.1. The summed E-state index contributed by atoms with van der Waals surface area (Å²) in [4.78, 5) is 51.7. The van der Waals surface area contributed by atoms with E-state index in [0.717, 1.165) is 4.68 Å². The van der Waals surface area contributed by atoms with Gasteiger partial charge in [-0.2, -0.15) is 4.68 Å². The van der Waals surface area contributed by atoms with E-state index in [1.54, 1.807) is 24.3 Å². The normalized spacial score (nSPS) is 10.7. The Hall–Kier alpha value is -4.93. The summed E-state index contributed by atoms with van der Waals surface area (Å²) in [5.74, 6) is -0.715. The number of nitrogens with zero attached hydrogens (tertiary/aromatic N) is 4. The van der Waals surface area contributed by atoms with E-state index in [0.29, 0.717) is 5.52 Å². The van der Waals surface area contributed by atoms with Crippen molar-refractivity contribution in [1.29, 1.82) is 0 Å². The first-order chi connectivity index (χ1) is 15.8. The number of nitrogens with one attached hydrogen (secondary N) is 1. The molecular weight excluding hydrogens is 430 g/mol. The zero-order valence-electron chi connectivity index (χ0n) is 17.1. The van der Waals surface area contributed by atoms with Crippen LogP contribution in [0, 0.1) is 27.2 Å². The van der Waals surface area contributed by atoms with E-state index in [1.807, 2.05) is 0 Å². The largest absolute Gasteiger partial charge is 0.280 e. The molecule has 1 heterocycles. The predicted octanol–water partition coefficient (Wildman–Crippen LogP) is 3.57. The van der Waals surface area contributed by atoms with E-state index < -0.39 is 21.3 Å². The Morgan fingerprint density at radius 2 is 1.73 bits per heavy atom. The summed E-state index contributed by atoms with van der Waals surface area (Å²) in [5.41, 5.74) is 2.48. The van der Waals surface area contributed by atoms with E-state index >= 15 is 0 Å². The van der Waals surface area contributed by atoms with E-state index in [2.05, 4.69) is 10.4 Å². The van der Waals surface area contributed by atoms with E-state index in [1.165, 1.54) is 49.4 Å². The number of non-ortho nitro benzene ring substituents is 1. The van der Waals surface area contributed by atoms with Crippen LogP contribution in [0.4, 0.5) is 11.4 Å². The number of carbonyl (C=O) groups is 1. The van der Waals surface area contributed by atoms with Gasteiger partial charge in [0.2, 0.25) is 0 Å². The fraction of sp³-hybridized carbons (Fsp3) is 0.0455. The lowest BCUT2D eigenvalue weighted by molar-refractivity contribution is -0.385. The van der Waals surface area contributed by atoms with Gasteiger partial charge in [0.15, 0.2) is 5.82 Å². The summed E-state index contributed by atoms with van der Waals surface area (Å²) in [6.45, 7) is 1.49. The Labute approximate surface area is 185 Å². The van der Waals surface area contributed by atoms with Crippen molar-refractivity contribution in [1.82, 2.24) is 9.66 Å². The molecule has 3 aromatic carbocycles. The third kappa shape index (κ3) is 4.02. The van der Waals surface area contributed by atoms with Crippen molar-refractivity contribution in [2.24, 2.45) is 0 Å². The molecule has 0 saturated carbocycles. The minimum absolute atomic E-state index is 0.00520. The Balaban J connectivity index is 1.86. The molecule has 0 aliphatic heterocycles. The number of amides is 1. The molecule has 0 aliphatic rings. The number of para-hydroxylation sites is 1. The maximum Gasteiger partial charge on any atom is 0.280 e. The Kier molecular flexibility index (Phi) is 5.36. The second-order valence-electron chi connectivity index (χ2n) is 7.10. The van der Waals surface area contributed by atoms with Gasteiger partial charge in [-0.05, 0) is 31.2 Å². The number of carbonyl (C=O) groups excluding carboxylic acids is 1. The number of hydrogen-bond acceptors (Lipinski definition) is 7. The third-order valence-corrected chi connectivity index (χ3v) is 4.96. The van der Waals surface area contributed by atoms with Crippen molar-refractivity contribution in [3.63, 3.8) is 0 Å². The van der Waals surface area contributed by atoms with Crippen molar-refractivity contribution in [2.45, 2.75) is 6.92 Å². The molecule has 0 radical (unpaired) electrons. The minimum atomic E-state index is -0.709. The number of benzene rings is 3. The SMILES string of the molecule is Cc1cc(C(=O)Nn2c(-c3cccc([N+](=O)[O-])c3)nc3ccccc3c2=O)ccc1[N+](=O)[O-]. The van der Waals surface area contributed by atoms with Gasteiger partial charge < -0.3 is 0 Å². The summed E-state index contributed by atoms with van der Waals surface area (Å²) in [7, 11) is 0. The summed E-state index contributed by atoms with van der Waals surface area (Å²) < 4.78 is 0.917. The summed E-state index contributed by atoms with van der Waals surface area (Å²) in [5, 5.41) is 22.5. The van der Waals surface area contributed by atoms with Gasteiger partial charge in [-0.1, -0.05) is 24.3 Å². The molecule has 1 aromatic heterocycles. The molecule has 0 bridgehead atoms. The second kappa shape index (κ2) is 8.30. The highest BCUT2D eigenvalue weighted by Gasteiger charge is 2.19. The van der Waals surface area contributed by atoms with Gasteiger partial charge in [-0.25, -0.2) is 4.98 Å². The molecule has 11 nitrogen and oxygen atoms in total. The van der Waals surface area contributed by atoms with Crippen LogP contribution >= 0.6 is 0 Å². The zero-order valence-corrected chi connectivity index (χ0v) is 17.1. The van der Waals surface area contributed by atoms with Gasteiger partial charge in [0.05, 0.1) is 20.7 Å². The Bertz CT molecular complexity index is 1510. The summed E-state index contributed by atoms with van der Waals surface area (Å²) >= 11 is 0. The maximum absolute atomic E-state index is 13.2. The molecule has 1 amide bonds. The Morgan fingerprint density at radius 3 is 2.42 bits per heavy atom. The first-order valence-electron chi connectivity index (χ1n) is 9.59. The maximum atomic E-state index is 13.2. The van der Waals surface area contributed by atoms with Crippen molar-refractivity contribution >= 4 is 28.2 Å². The first-order valence-corrected chi connectivity index (χ1v) is 9.59. The third-order valence-electron chi connectivity index (χ3n) is 4.96. The van der Waals surface area contributed by atoms with Crippen molar-refractivity contribution in [3.8, 4) is 11.4 Å². The molecule has 0 aliphatic carbocycles. The molecule has 0 atom stereocenters. The lowest BCUT2D eigenvalue weighted by Crippen LogP contribution is -2.35. The van der Waals surface area contributed by atoms with Gasteiger partial charge in [0.1, 0.15) is 0 Å². The van der Waals surface area contributed by atoms with Crippen molar-refractivity contribution in [2.75, 3.05) is 5.43 Å². The molecule has 0 unspecified atom stereocenters. The van der Waals surface area contributed by atoms with Gasteiger partial charge in [0, 0.05) is 34.9 Å². The number of rotatable bonds is 5. The molecule has 11 heteroatoms. The smallest absolute Gasteiger partial charge is 0.267 e. The second-order valence-corrected chi connectivity index (χ2v) is 7.10. The first kappa shape index (κ1) is 21.3. The van der Waals surface area contributed by atoms with E-state index in [4.69, 9.17) is 0 Å². The quantitative estimate of drug-likeness (QED) is 0.364. The van der Waals surface area contributed by atoms with Crippen LogP contribution in [-0.4, -0.2) is 25.4 Å². The molecule has 4 rings (SSSR count). The monoisotopic (exact) mass is 445 g/mol. The number of nitro benzene ring substituents is 2. The highest BCUT2D eigenvalue weighted by molar-refractivity contribution is 6.00.